The summed E-state index contributed by atoms with van der Waals surface area (Å²) in [5.41, 5.74) is 1.84. The zero-order chi connectivity index (χ0) is 13.1. The Hall–Kier alpha value is -0.290. The minimum absolute atomic E-state index is 0.408. The third-order valence-electron chi connectivity index (χ3n) is 2.26. The maximum absolute atomic E-state index is 6.14. The van der Waals surface area contributed by atoms with Gasteiger partial charge in [0.15, 0.2) is 0 Å². The van der Waals surface area contributed by atoms with Crippen molar-refractivity contribution in [2.75, 3.05) is 0 Å². The molecule has 0 bridgehead atoms. The molecule has 1 aromatic heterocycles. The molecule has 0 spiro atoms. The van der Waals surface area contributed by atoms with E-state index in [1.165, 1.54) is 0 Å². The van der Waals surface area contributed by atoms with Crippen LogP contribution >= 0.6 is 50.5 Å². The van der Waals surface area contributed by atoms with E-state index < -0.39 is 0 Å². The van der Waals surface area contributed by atoms with Gasteiger partial charge in [0.2, 0.25) is 0 Å². The molecule has 1 aromatic carbocycles. The van der Waals surface area contributed by atoms with Crippen molar-refractivity contribution in [1.82, 2.24) is 4.98 Å². The molecule has 0 aliphatic heterocycles. The van der Waals surface area contributed by atoms with Crippen LogP contribution < -0.4 is 4.74 Å². The van der Waals surface area contributed by atoms with Gasteiger partial charge >= 0.3 is 0 Å². The van der Waals surface area contributed by atoms with Gasteiger partial charge in [-0.3, -0.25) is 0 Å². The summed E-state index contributed by atoms with van der Waals surface area (Å²) in [6.07, 6.45) is 0. The van der Waals surface area contributed by atoms with Gasteiger partial charge in [-0.15, -0.1) is 11.3 Å². The molecular formula is C12H10BrCl2NOS. The van der Waals surface area contributed by atoms with Crippen LogP contribution in [0, 0.1) is 6.92 Å². The second-order valence-corrected chi connectivity index (χ2v) is 6.12. The molecular weight excluding hydrogens is 357 g/mol. The van der Waals surface area contributed by atoms with Gasteiger partial charge in [-0.2, -0.15) is 0 Å². The minimum Gasteiger partial charge on any atom is -0.485 e. The third-order valence-corrected chi connectivity index (χ3v) is 4.19. The molecule has 2 nitrogen and oxygen atoms in total. The van der Waals surface area contributed by atoms with E-state index in [9.17, 15) is 0 Å². The zero-order valence-corrected chi connectivity index (χ0v) is 13.5. The average molecular weight is 367 g/mol. The number of halogens is 3. The Kier molecular flexibility index (Phi) is 4.90. The summed E-state index contributed by atoms with van der Waals surface area (Å²) in [4.78, 5) is 4.34. The molecule has 18 heavy (non-hydrogen) atoms. The molecule has 0 amide bonds. The summed E-state index contributed by atoms with van der Waals surface area (Å²) in [7, 11) is 0. The van der Waals surface area contributed by atoms with E-state index >= 15 is 0 Å². The number of hydrogen-bond acceptors (Lipinski definition) is 3. The Balaban J connectivity index is 2.18. The zero-order valence-electron chi connectivity index (χ0n) is 9.54. The Morgan fingerprint density at radius 2 is 2.17 bits per heavy atom. The van der Waals surface area contributed by atoms with Gasteiger partial charge in [-0.05, 0) is 19.1 Å². The molecule has 96 valence electrons. The molecule has 1 heterocycles. The van der Waals surface area contributed by atoms with Gasteiger partial charge in [0.05, 0.1) is 15.7 Å². The van der Waals surface area contributed by atoms with Gasteiger partial charge < -0.3 is 4.74 Å². The van der Waals surface area contributed by atoms with Crippen molar-refractivity contribution < 1.29 is 4.74 Å². The lowest BCUT2D eigenvalue weighted by atomic mass is 10.2. The van der Waals surface area contributed by atoms with Crippen LogP contribution in [0.15, 0.2) is 17.5 Å². The minimum atomic E-state index is 0.408. The van der Waals surface area contributed by atoms with Gasteiger partial charge in [0.25, 0.3) is 0 Å². The van der Waals surface area contributed by atoms with Gasteiger partial charge in [0.1, 0.15) is 12.4 Å². The van der Waals surface area contributed by atoms with Crippen molar-refractivity contribution in [3.63, 3.8) is 0 Å². The SMILES string of the molecule is Cc1nc(COc2c(Cl)cc(Cl)cc2CBr)cs1. The third kappa shape index (κ3) is 3.38. The number of aryl methyl sites for hydroxylation is 1. The first-order valence-corrected chi connectivity index (χ1v) is 7.93. The average Bonchev–Trinajstić information content (AvgIpc) is 2.73. The molecule has 0 aliphatic carbocycles. The molecule has 6 heteroatoms. The number of ether oxygens (including phenoxy) is 1. The highest BCUT2D eigenvalue weighted by Gasteiger charge is 2.11. The summed E-state index contributed by atoms with van der Waals surface area (Å²) in [5, 5.41) is 4.76. The number of rotatable bonds is 4. The van der Waals surface area contributed by atoms with Crippen molar-refractivity contribution in [3.05, 3.63) is 43.8 Å². The summed E-state index contributed by atoms with van der Waals surface area (Å²) < 4.78 is 5.74. The van der Waals surface area contributed by atoms with Crippen molar-refractivity contribution in [3.8, 4) is 5.75 Å². The Morgan fingerprint density at radius 1 is 1.39 bits per heavy atom. The molecule has 0 atom stereocenters. The number of alkyl halides is 1. The van der Waals surface area contributed by atoms with Crippen LogP contribution in [0.4, 0.5) is 0 Å². The summed E-state index contributed by atoms with van der Waals surface area (Å²) in [6.45, 7) is 2.37. The Morgan fingerprint density at radius 3 is 2.78 bits per heavy atom. The van der Waals surface area contributed by atoms with Crippen LogP contribution in [0.3, 0.4) is 0 Å². The van der Waals surface area contributed by atoms with Gasteiger partial charge in [-0.1, -0.05) is 39.1 Å². The van der Waals surface area contributed by atoms with E-state index in [-0.39, 0.29) is 0 Å². The standard InChI is InChI=1S/C12H10BrCl2NOS/c1-7-16-10(6-18-7)5-17-12-8(4-13)2-9(14)3-11(12)15/h2-3,6H,4-5H2,1H3. The molecule has 0 radical (unpaired) electrons. The van der Waals surface area contributed by atoms with Crippen molar-refractivity contribution >= 4 is 50.5 Å². The first-order valence-electron chi connectivity index (χ1n) is 5.18. The van der Waals surface area contributed by atoms with Crippen LogP contribution in [0.5, 0.6) is 5.75 Å². The monoisotopic (exact) mass is 365 g/mol. The molecule has 0 unspecified atom stereocenters. The van der Waals surface area contributed by atoms with E-state index in [1.807, 2.05) is 18.4 Å². The van der Waals surface area contributed by atoms with Crippen molar-refractivity contribution in [1.29, 1.82) is 0 Å². The van der Waals surface area contributed by atoms with E-state index in [0.29, 0.717) is 27.7 Å². The summed E-state index contributed by atoms with van der Waals surface area (Å²) in [5.74, 6) is 0.656. The molecule has 0 aliphatic rings. The predicted octanol–water partition coefficient (Wildman–Crippen LogP) is 5.23. The van der Waals surface area contributed by atoms with Crippen LogP contribution in [-0.4, -0.2) is 4.98 Å². The fourth-order valence-corrected chi connectivity index (χ4v) is 3.10. The normalized spacial score (nSPS) is 10.7. The lowest BCUT2D eigenvalue weighted by Crippen LogP contribution is -1.99. The maximum atomic E-state index is 6.14. The maximum Gasteiger partial charge on any atom is 0.142 e. The van der Waals surface area contributed by atoms with E-state index in [2.05, 4.69) is 20.9 Å². The number of aromatic nitrogens is 1. The Labute approximate surface area is 128 Å². The van der Waals surface area contributed by atoms with Crippen molar-refractivity contribution in [2.24, 2.45) is 0 Å². The number of benzene rings is 1. The van der Waals surface area contributed by atoms with Crippen LogP contribution in [0.25, 0.3) is 0 Å². The first-order chi connectivity index (χ1) is 8.60. The summed E-state index contributed by atoms with van der Waals surface area (Å²) in [6, 6.07) is 3.51. The molecule has 2 rings (SSSR count). The smallest absolute Gasteiger partial charge is 0.142 e. The highest BCUT2D eigenvalue weighted by molar-refractivity contribution is 9.08. The fraction of sp³-hybridized carbons (Fsp3) is 0.250. The lowest BCUT2D eigenvalue weighted by Gasteiger charge is -2.11. The highest BCUT2D eigenvalue weighted by Crippen LogP contribution is 2.34. The second kappa shape index (κ2) is 6.24. The van der Waals surface area contributed by atoms with Gasteiger partial charge in [-0.25, -0.2) is 4.98 Å². The molecule has 2 aromatic rings. The largest absolute Gasteiger partial charge is 0.485 e. The first kappa shape index (κ1) is 14.1. The number of thiazole rings is 1. The predicted molar refractivity (Wildman–Crippen MR) is 80.3 cm³/mol. The van der Waals surface area contributed by atoms with E-state index in [1.54, 1.807) is 17.4 Å². The summed E-state index contributed by atoms with van der Waals surface area (Å²) >= 11 is 17.1. The van der Waals surface area contributed by atoms with Crippen LogP contribution in [-0.2, 0) is 11.9 Å². The second-order valence-electron chi connectivity index (χ2n) is 3.66. The molecule has 0 fully saturated rings. The molecule has 0 N–H and O–H groups in total. The number of hydrogen-bond donors (Lipinski definition) is 0. The highest BCUT2D eigenvalue weighted by atomic mass is 79.9. The van der Waals surface area contributed by atoms with E-state index in [4.69, 9.17) is 27.9 Å². The van der Waals surface area contributed by atoms with Crippen molar-refractivity contribution in [2.45, 2.75) is 18.9 Å². The topological polar surface area (TPSA) is 22.1 Å². The molecule has 0 saturated carbocycles. The molecule has 0 saturated heterocycles. The van der Waals surface area contributed by atoms with Gasteiger partial charge in [0, 0.05) is 21.3 Å². The van der Waals surface area contributed by atoms with E-state index in [0.717, 1.165) is 16.3 Å². The van der Waals surface area contributed by atoms with Crippen LogP contribution in [0.1, 0.15) is 16.3 Å². The quantitative estimate of drug-likeness (QED) is 0.691. The Bertz CT molecular complexity index is 559. The lowest BCUT2D eigenvalue weighted by molar-refractivity contribution is 0.300. The fourth-order valence-electron chi connectivity index (χ4n) is 1.50. The van der Waals surface area contributed by atoms with Crippen LogP contribution in [0.2, 0.25) is 10.0 Å². The number of nitrogens with zero attached hydrogens (tertiary/aromatic N) is 1.